The van der Waals surface area contributed by atoms with Crippen molar-refractivity contribution in [1.29, 1.82) is 0 Å². The molecule has 0 radical (unpaired) electrons. The van der Waals surface area contributed by atoms with Crippen LogP contribution in [0, 0.1) is 0 Å². The fourth-order valence-corrected chi connectivity index (χ4v) is 3.11. The first kappa shape index (κ1) is 19.6. The molecule has 0 saturated carbocycles. The predicted molar refractivity (Wildman–Crippen MR) is 78.7 cm³/mol. The summed E-state index contributed by atoms with van der Waals surface area (Å²) in [6.07, 6.45) is -9.09. The number of halogens is 6. The van der Waals surface area contributed by atoms with E-state index in [-0.39, 0.29) is 17.5 Å². The average molecular weight is 368 g/mol. The van der Waals surface area contributed by atoms with Crippen LogP contribution >= 0.6 is 0 Å². The highest BCUT2D eigenvalue weighted by Gasteiger charge is 2.41. The summed E-state index contributed by atoms with van der Waals surface area (Å²) >= 11 is 0. The van der Waals surface area contributed by atoms with Crippen LogP contribution in [0.2, 0.25) is 0 Å². The van der Waals surface area contributed by atoms with E-state index in [1.165, 1.54) is 16.8 Å². The molecule has 1 aromatic rings. The SMILES string of the molecule is CN(C)C(=O)[C@@H]1CC[C@H](c2cc(C(F)(F)F)cc(C(F)(F)F)c2)N1C. The van der Waals surface area contributed by atoms with Crippen LogP contribution in [0.5, 0.6) is 0 Å². The smallest absolute Gasteiger partial charge is 0.347 e. The molecular formula is C16H18F6N2O. The zero-order chi connectivity index (χ0) is 19.2. The van der Waals surface area contributed by atoms with Gasteiger partial charge in [-0.15, -0.1) is 0 Å². The van der Waals surface area contributed by atoms with Crippen molar-refractivity contribution in [1.82, 2.24) is 9.80 Å². The van der Waals surface area contributed by atoms with Gasteiger partial charge in [0.1, 0.15) is 0 Å². The fourth-order valence-electron chi connectivity index (χ4n) is 3.11. The van der Waals surface area contributed by atoms with Gasteiger partial charge >= 0.3 is 12.4 Å². The molecule has 1 heterocycles. The van der Waals surface area contributed by atoms with Crippen molar-refractivity contribution >= 4 is 5.91 Å². The van der Waals surface area contributed by atoms with E-state index in [4.69, 9.17) is 0 Å². The number of likely N-dealkylation sites (N-methyl/N-ethyl adjacent to an activating group) is 2. The lowest BCUT2D eigenvalue weighted by Gasteiger charge is -2.28. The van der Waals surface area contributed by atoms with Crippen molar-refractivity contribution in [3.63, 3.8) is 0 Å². The van der Waals surface area contributed by atoms with Crippen molar-refractivity contribution in [2.45, 2.75) is 37.3 Å². The van der Waals surface area contributed by atoms with Crippen LogP contribution < -0.4 is 0 Å². The van der Waals surface area contributed by atoms with Crippen LogP contribution in [0.25, 0.3) is 0 Å². The second-order valence-corrected chi connectivity index (χ2v) is 6.35. The number of likely N-dealkylation sites (tertiary alicyclic amines) is 1. The molecule has 2 atom stereocenters. The lowest BCUT2D eigenvalue weighted by Crippen LogP contribution is -2.41. The molecule has 2 rings (SSSR count). The number of carbonyl (C=O) groups excluding carboxylic acids is 1. The summed E-state index contributed by atoms with van der Waals surface area (Å²) in [5.74, 6) is -0.229. The Morgan fingerprint density at radius 1 is 1.00 bits per heavy atom. The molecular weight excluding hydrogens is 350 g/mol. The highest BCUT2D eigenvalue weighted by atomic mass is 19.4. The Kier molecular flexibility index (Phi) is 5.09. The molecule has 1 aromatic carbocycles. The molecule has 0 aliphatic carbocycles. The van der Waals surface area contributed by atoms with Gasteiger partial charge in [0, 0.05) is 20.1 Å². The molecule has 1 amide bonds. The molecule has 140 valence electrons. The number of alkyl halides is 6. The van der Waals surface area contributed by atoms with E-state index >= 15 is 0 Å². The van der Waals surface area contributed by atoms with E-state index < -0.39 is 35.6 Å². The number of carbonyl (C=O) groups is 1. The highest BCUT2D eigenvalue weighted by Crippen LogP contribution is 2.41. The largest absolute Gasteiger partial charge is 0.416 e. The van der Waals surface area contributed by atoms with Gasteiger partial charge in [0.15, 0.2) is 0 Å². The molecule has 0 spiro atoms. The van der Waals surface area contributed by atoms with Gasteiger partial charge in [-0.3, -0.25) is 9.69 Å². The van der Waals surface area contributed by atoms with E-state index in [9.17, 15) is 31.1 Å². The van der Waals surface area contributed by atoms with Crippen LogP contribution in [0.3, 0.4) is 0 Å². The van der Waals surface area contributed by atoms with Crippen molar-refractivity contribution in [3.8, 4) is 0 Å². The van der Waals surface area contributed by atoms with Gasteiger partial charge in [0.2, 0.25) is 5.91 Å². The Morgan fingerprint density at radius 2 is 1.48 bits per heavy atom. The number of benzene rings is 1. The molecule has 1 saturated heterocycles. The zero-order valence-corrected chi connectivity index (χ0v) is 13.9. The Balaban J connectivity index is 2.44. The first-order valence-corrected chi connectivity index (χ1v) is 7.55. The van der Waals surface area contributed by atoms with Crippen LogP contribution in [-0.4, -0.2) is 42.9 Å². The molecule has 9 heteroatoms. The Bertz CT molecular complexity index is 621. The van der Waals surface area contributed by atoms with Crippen LogP contribution in [0.4, 0.5) is 26.3 Å². The number of hydrogen-bond acceptors (Lipinski definition) is 2. The van der Waals surface area contributed by atoms with Crippen molar-refractivity contribution in [2.75, 3.05) is 21.1 Å². The molecule has 3 nitrogen and oxygen atoms in total. The van der Waals surface area contributed by atoms with Gasteiger partial charge in [0.25, 0.3) is 0 Å². The molecule has 0 N–H and O–H groups in total. The third kappa shape index (κ3) is 4.08. The minimum atomic E-state index is -4.88. The summed E-state index contributed by atoms with van der Waals surface area (Å²) in [7, 11) is 4.64. The van der Waals surface area contributed by atoms with Gasteiger partial charge in [-0.25, -0.2) is 0 Å². The van der Waals surface area contributed by atoms with Gasteiger partial charge in [-0.05, 0) is 43.7 Å². The van der Waals surface area contributed by atoms with Crippen LogP contribution in [0.15, 0.2) is 18.2 Å². The number of nitrogens with zero attached hydrogens (tertiary/aromatic N) is 2. The minimum absolute atomic E-state index is 0.0845. The maximum Gasteiger partial charge on any atom is 0.416 e. The Morgan fingerprint density at radius 3 is 1.88 bits per heavy atom. The maximum absolute atomic E-state index is 13.0. The molecule has 1 aliphatic heterocycles. The van der Waals surface area contributed by atoms with Crippen LogP contribution in [0.1, 0.15) is 35.6 Å². The lowest BCUT2D eigenvalue weighted by atomic mass is 9.98. The van der Waals surface area contributed by atoms with E-state index in [1.807, 2.05) is 0 Å². The molecule has 25 heavy (non-hydrogen) atoms. The highest BCUT2D eigenvalue weighted by molar-refractivity contribution is 5.81. The first-order chi connectivity index (χ1) is 11.3. The van der Waals surface area contributed by atoms with Crippen molar-refractivity contribution in [2.24, 2.45) is 0 Å². The van der Waals surface area contributed by atoms with Crippen molar-refractivity contribution in [3.05, 3.63) is 34.9 Å². The third-order valence-electron chi connectivity index (χ3n) is 4.42. The zero-order valence-electron chi connectivity index (χ0n) is 13.9. The number of rotatable bonds is 2. The summed E-state index contributed by atoms with van der Waals surface area (Å²) in [6, 6.07) is 0.333. The molecule has 0 aromatic heterocycles. The van der Waals surface area contributed by atoms with Crippen LogP contribution in [-0.2, 0) is 17.1 Å². The second-order valence-electron chi connectivity index (χ2n) is 6.35. The van der Waals surface area contributed by atoms with Gasteiger partial charge in [-0.1, -0.05) is 0 Å². The van der Waals surface area contributed by atoms with Gasteiger partial charge in [-0.2, -0.15) is 26.3 Å². The van der Waals surface area contributed by atoms with Gasteiger partial charge in [0.05, 0.1) is 17.2 Å². The van der Waals surface area contributed by atoms with Crippen molar-refractivity contribution < 1.29 is 31.1 Å². The normalized spacial score (nSPS) is 22.3. The third-order valence-corrected chi connectivity index (χ3v) is 4.42. The summed E-state index contributed by atoms with van der Waals surface area (Å²) in [6.45, 7) is 0. The number of hydrogen-bond donors (Lipinski definition) is 0. The minimum Gasteiger partial charge on any atom is -0.347 e. The van der Waals surface area contributed by atoms with E-state index in [2.05, 4.69) is 0 Å². The molecule has 1 aliphatic rings. The number of amides is 1. The van der Waals surface area contributed by atoms with E-state index in [0.29, 0.717) is 12.8 Å². The maximum atomic E-state index is 13.0. The summed E-state index contributed by atoms with van der Waals surface area (Å²) in [5, 5.41) is 0. The topological polar surface area (TPSA) is 23.6 Å². The average Bonchev–Trinajstić information content (AvgIpc) is 2.85. The standard InChI is InChI=1S/C16H18F6N2O/c1-23(2)14(25)13-5-4-12(24(13)3)9-6-10(15(17,18)19)8-11(7-9)16(20,21)22/h6-8,12-13H,4-5H2,1-3H3/t12-,13+/m1/s1. The summed E-state index contributed by atoms with van der Waals surface area (Å²) in [4.78, 5) is 15.0. The quantitative estimate of drug-likeness (QED) is 0.738. The summed E-state index contributed by atoms with van der Waals surface area (Å²) < 4.78 is 77.9. The molecule has 1 fully saturated rings. The monoisotopic (exact) mass is 368 g/mol. The molecule has 0 unspecified atom stereocenters. The summed E-state index contributed by atoms with van der Waals surface area (Å²) in [5.41, 5.74) is -2.76. The molecule has 0 bridgehead atoms. The van der Waals surface area contributed by atoms with E-state index in [1.54, 1.807) is 14.1 Å². The lowest BCUT2D eigenvalue weighted by molar-refractivity contribution is -0.143. The Hall–Kier alpha value is -1.77. The predicted octanol–water partition coefficient (Wildman–Crippen LogP) is 3.95. The van der Waals surface area contributed by atoms with E-state index in [0.717, 1.165) is 12.1 Å². The first-order valence-electron chi connectivity index (χ1n) is 7.55. The Labute approximate surface area is 141 Å². The second kappa shape index (κ2) is 6.51. The van der Waals surface area contributed by atoms with Gasteiger partial charge < -0.3 is 4.90 Å². The fraction of sp³-hybridized carbons (Fsp3) is 0.562.